The lowest BCUT2D eigenvalue weighted by Gasteiger charge is -2.36. The summed E-state index contributed by atoms with van der Waals surface area (Å²) in [7, 11) is 0. The topological polar surface area (TPSA) is 94.7 Å². The van der Waals surface area contributed by atoms with Crippen LogP contribution in [0.25, 0.3) is 10.9 Å². The van der Waals surface area contributed by atoms with E-state index in [2.05, 4.69) is 17.2 Å². The van der Waals surface area contributed by atoms with Gasteiger partial charge in [0.15, 0.2) is 5.54 Å². The van der Waals surface area contributed by atoms with Crippen molar-refractivity contribution in [2.45, 2.75) is 71.4 Å². The zero-order chi connectivity index (χ0) is 25.2. The molecule has 0 radical (unpaired) electrons. The van der Waals surface area contributed by atoms with Crippen molar-refractivity contribution in [2.75, 3.05) is 26.3 Å². The Bertz CT molecular complexity index is 1090. The Kier molecular flexibility index (Phi) is 7.50. The van der Waals surface area contributed by atoms with Gasteiger partial charge in [0.05, 0.1) is 5.69 Å². The molecule has 1 aromatic carbocycles. The molecule has 3 heterocycles. The average Bonchev–Trinajstić information content (AvgIpc) is 3.30. The van der Waals surface area contributed by atoms with Crippen LogP contribution in [0, 0.1) is 5.92 Å². The highest BCUT2D eigenvalue weighted by atomic mass is 16.5. The molecule has 2 aromatic rings. The summed E-state index contributed by atoms with van der Waals surface area (Å²) in [5.74, 6) is -0.481. The van der Waals surface area contributed by atoms with Crippen molar-refractivity contribution in [3.05, 3.63) is 35.5 Å². The Morgan fingerprint density at radius 3 is 2.69 bits per heavy atom. The lowest BCUT2D eigenvalue weighted by molar-refractivity contribution is -0.140. The molecule has 2 aliphatic heterocycles. The fourth-order valence-electron chi connectivity index (χ4n) is 5.32. The molecule has 1 saturated heterocycles. The van der Waals surface area contributed by atoms with E-state index in [1.54, 1.807) is 11.8 Å². The molecule has 0 unspecified atom stereocenters. The van der Waals surface area contributed by atoms with Gasteiger partial charge < -0.3 is 19.9 Å². The first-order chi connectivity index (χ1) is 16.8. The standard InChI is InChI=1S/C27H38N4O4/c1-5-6-15-35-16-9-13-28-24(32)22(17-18(2)3)31-25(33)27(4)23-20(12-14-30(27)26(31)34)19-10-7-8-11-21(19)29-23/h7-8,10-11,18,22,29H,5-6,9,12-17H2,1-4H3,(H,28,32)/t22-,27-/m0/s1. The number of benzene rings is 1. The zero-order valence-corrected chi connectivity index (χ0v) is 21.4. The van der Waals surface area contributed by atoms with E-state index in [4.69, 9.17) is 4.74 Å². The van der Waals surface area contributed by atoms with E-state index in [9.17, 15) is 14.4 Å². The molecule has 0 aliphatic carbocycles. The van der Waals surface area contributed by atoms with Crippen LogP contribution < -0.4 is 5.32 Å². The number of carbonyl (C=O) groups is 3. The molecule has 1 aromatic heterocycles. The molecule has 1 fully saturated rings. The van der Waals surface area contributed by atoms with Gasteiger partial charge in [-0.1, -0.05) is 45.4 Å². The van der Waals surface area contributed by atoms with Gasteiger partial charge in [-0.25, -0.2) is 9.69 Å². The highest BCUT2D eigenvalue weighted by Gasteiger charge is 2.60. The zero-order valence-electron chi connectivity index (χ0n) is 21.4. The van der Waals surface area contributed by atoms with Crippen LogP contribution in [0.4, 0.5) is 4.79 Å². The molecule has 190 valence electrons. The number of fused-ring (bicyclic) bond motifs is 5. The van der Waals surface area contributed by atoms with Crippen molar-refractivity contribution in [3.63, 3.8) is 0 Å². The van der Waals surface area contributed by atoms with Gasteiger partial charge in [-0.3, -0.25) is 9.59 Å². The predicted molar refractivity (Wildman–Crippen MR) is 135 cm³/mol. The maximum absolute atomic E-state index is 14.0. The molecule has 4 rings (SSSR count). The summed E-state index contributed by atoms with van der Waals surface area (Å²) in [6.07, 6.45) is 3.88. The Balaban J connectivity index is 1.55. The predicted octanol–water partition coefficient (Wildman–Crippen LogP) is 3.94. The summed E-state index contributed by atoms with van der Waals surface area (Å²) in [6.45, 7) is 10.1. The van der Waals surface area contributed by atoms with E-state index in [1.165, 1.54) is 4.90 Å². The number of nitrogens with one attached hydrogen (secondary N) is 2. The van der Waals surface area contributed by atoms with Gasteiger partial charge in [0, 0.05) is 37.2 Å². The normalized spacial score (nSPS) is 20.5. The number of rotatable bonds is 11. The minimum Gasteiger partial charge on any atom is -0.381 e. The van der Waals surface area contributed by atoms with Crippen LogP contribution in [-0.4, -0.2) is 65.0 Å². The monoisotopic (exact) mass is 482 g/mol. The summed E-state index contributed by atoms with van der Waals surface area (Å²) in [5, 5.41) is 4.02. The number of para-hydroxylation sites is 1. The maximum Gasteiger partial charge on any atom is 0.328 e. The highest BCUT2D eigenvalue weighted by Crippen LogP contribution is 2.44. The fourth-order valence-corrected chi connectivity index (χ4v) is 5.32. The number of unbranched alkanes of at least 4 members (excludes halogenated alkanes) is 1. The Labute approximate surface area is 207 Å². The van der Waals surface area contributed by atoms with Gasteiger partial charge in [0.25, 0.3) is 5.91 Å². The number of amides is 4. The molecule has 0 bridgehead atoms. The number of hydrogen-bond donors (Lipinski definition) is 2. The highest BCUT2D eigenvalue weighted by molar-refractivity contribution is 6.11. The van der Waals surface area contributed by atoms with E-state index in [0.29, 0.717) is 39.0 Å². The fraction of sp³-hybridized carbons (Fsp3) is 0.593. The smallest absolute Gasteiger partial charge is 0.328 e. The third-order valence-electron chi connectivity index (χ3n) is 7.21. The van der Waals surface area contributed by atoms with Crippen LogP contribution in [0.1, 0.15) is 64.6 Å². The van der Waals surface area contributed by atoms with Crippen LogP contribution in [0.2, 0.25) is 0 Å². The van der Waals surface area contributed by atoms with Crippen molar-refractivity contribution in [3.8, 4) is 0 Å². The number of aromatic amines is 1. The maximum atomic E-state index is 14.0. The SMILES string of the molecule is CCCCOCCCNC(=O)[C@H](CC(C)C)N1C(=O)N2CCc3c([nH]c4ccccc34)[C@@]2(C)C1=O. The molecule has 4 amide bonds. The third-order valence-corrected chi connectivity index (χ3v) is 7.21. The summed E-state index contributed by atoms with van der Waals surface area (Å²) < 4.78 is 5.57. The number of carbonyl (C=O) groups excluding carboxylic acids is 3. The second-order valence-electron chi connectivity index (χ2n) is 10.2. The lowest BCUT2D eigenvalue weighted by atomic mass is 9.87. The first kappa shape index (κ1) is 25.2. The van der Waals surface area contributed by atoms with E-state index in [0.717, 1.165) is 41.6 Å². The molecule has 0 spiro atoms. The van der Waals surface area contributed by atoms with Gasteiger partial charge >= 0.3 is 6.03 Å². The average molecular weight is 483 g/mol. The van der Waals surface area contributed by atoms with Crippen LogP contribution >= 0.6 is 0 Å². The van der Waals surface area contributed by atoms with Crippen molar-refractivity contribution in [2.24, 2.45) is 5.92 Å². The van der Waals surface area contributed by atoms with Crippen LogP contribution in [0.3, 0.4) is 0 Å². The van der Waals surface area contributed by atoms with Crippen molar-refractivity contribution in [1.82, 2.24) is 20.1 Å². The number of ether oxygens (including phenoxy) is 1. The van der Waals surface area contributed by atoms with Gasteiger partial charge in [-0.05, 0) is 50.2 Å². The first-order valence-corrected chi connectivity index (χ1v) is 12.9. The Morgan fingerprint density at radius 2 is 1.94 bits per heavy atom. The van der Waals surface area contributed by atoms with Gasteiger partial charge in [0.1, 0.15) is 6.04 Å². The minimum atomic E-state index is -1.15. The third kappa shape index (κ3) is 4.56. The van der Waals surface area contributed by atoms with Crippen molar-refractivity contribution in [1.29, 1.82) is 0 Å². The molecule has 35 heavy (non-hydrogen) atoms. The van der Waals surface area contributed by atoms with Crippen LogP contribution in [-0.2, 0) is 26.3 Å². The molecule has 2 aliphatic rings. The number of hydrogen-bond acceptors (Lipinski definition) is 4. The molecule has 0 saturated carbocycles. The molecule has 2 atom stereocenters. The summed E-state index contributed by atoms with van der Waals surface area (Å²) in [6, 6.07) is 6.75. The summed E-state index contributed by atoms with van der Waals surface area (Å²) >= 11 is 0. The van der Waals surface area contributed by atoms with Crippen LogP contribution in [0.15, 0.2) is 24.3 Å². The van der Waals surface area contributed by atoms with E-state index in [-0.39, 0.29) is 23.8 Å². The quantitative estimate of drug-likeness (QED) is 0.375. The largest absolute Gasteiger partial charge is 0.381 e. The number of aromatic nitrogens is 1. The Hall–Kier alpha value is -2.87. The number of imide groups is 1. The molecular formula is C27H38N4O4. The Morgan fingerprint density at radius 1 is 1.20 bits per heavy atom. The first-order valence-electron chi connectivity index (χ1n) is 12.9. The van der Waals surface area contributed by atoms with E-state index >= 15 is 0 Å². The van der Waals surface area contributed by atoms with Gasteiger partial charge in [-0.15, -0.1) is 0 Å². The van der Waals surface area contributed by atoms with E-state index in [1.807, 2.05) is 38.1 Å². The molecule has 2 N–H and O–H groups in total. The summed E-state index contributed by atoms with van der Waals surface area (Å²) in [5.41, 5.74) is 1.65. The molecule has 8 nitrogen and oxygen atoms in total. The van der Waals surface area contributed by atoms with Gasteiger partial charge in [0.2, 0.25) is 5.91 Å². The molecule has 8 heteroatoms. The molecular weight excluding hydrogens is 444 g/mol. The second-order valence-corrected chi connectivity index (χ2v) is 10.2. The second kappa shape index (κ2) is 10.4. The van der Waals surface area contributed by atoms with E-state index < -0.39 is 11.6 Å². The minimum absolute atomic E-state index is 0.137. The van der Waals surface area contributed by atoms with Gasteiger partial charge in [-0.2, -0.15) is 0 Å². The number of urea groups is 1. The lowest BCUT2D eigenvalue weighted by Crippen LogP contribution is -2.51. The van der Waals surface area contributed by atoms with Crippen LogP contribution in [0.5, 0.6) is 0 Å². The van der Waals surface area contributed by atoms with Crippen molar-refractivity contribution < 1.29 is 19.1 Å². The van der Waals surface area contributed by atoms with Crippen molar-refractivity contribution >= 4 is 28.7 Å². The number of H-pyrrole nitrogens is 1. The summed E-state index contributed by atoms with van der Waals surface area (Å²) in [4.78, 5) is 47.1. The number of nitrogens with zero attached hydrogens (tertiary/aromatic N) is 2.